The highest BCUT2D eigenvalue weighted by Gasteiger charge is 2.07. The number of benzene rings is 2. The van der Waals surface area contributed by atoms with Gasteiger partial charge in [0, 0.05) is 23.2 Å². The van der Waals surface area contributed by atoms with E-state index in [9.17, 15) is 9.50 Å². The van der Waals surface area contributed by atoms with Gasteiger partial charge in [0.2, 0.25) is 0 Å². The normalized spacial score (nSPS) is 10.8. The number of para-hydroxylation sites is 1. The zero-order chi connectivity index (χ0) is 13.2. The maximum atomic E-state index is 13.5. The molecule has 0 saturated carbocycles. The molecule has 0 atom stereocenters. The van der Waals surface area contributed by atoms with Crippen molar-refractivity contribution in [1.82, 2.24) is 4.98 Å². The van der Waals surface area contributed by atoms with E-state index in [0.717, 1.165) is 10.9 Å². The van der Waals surface area contributed by atoms with Crippen LogP contribution in [0.1, 0.15) is 5.56 Å². The molecule has 3 aromatic rings. The zero-order valence-corrected chi connectivity index (χ0v) is 10.1. The summed E-state index contributed by atoms with van der Waals surface area (Å²) in [4.78, 5) is 2.90. The van der Waals surface area contributed by atoms with Gasteiger partial charge in [-0.25, -0.2) is 4.39 Å². The standard InChI is InChI=1S/C15H12FNO2/c16-14-6-2-5-13-10(8-17-15(13)14)9-19-12-4-1-3-11(18)7-12/h1-8,17-18H,9H2. The minimum atomic E-state index is -0.277. The number of H-pyrrole nitrogens is 1. The first-order valence-electron chi connectivity index (χ1n) is 5.90. The number of aromatic amines is 1. The van der Waals surface area contributed by atoms with Gasteiger partial charge in [0.15, 0.2) is 0 Å². The molecule has 1 heterocycles. The number of ether oxygens (including phenoxy) is 1. The van der Waals surface area contributed by atoms with Crippen LogP contribution in [-0.4, -0.2) is 10.1 Å². The van der Waals surface area contributed by atoms with Crippen LogP contribution in [0.5, 0.6) is 11.5 Å². The van der Waals surface area contributed by atoms with E-state index in [0.29, 0.717) is 17.9 Å². The van der Waals surface area contributed by atoms with Crippen molar-refractivity contribution in [3.8, 4) is 11.5 Å². The second-order valence-corrected chi connectivity index (χ2v) is 4.26. The van der Waals surface area contributed by atoms with Gasteiger partial charge in [-0.2, -0.15) is 0 Å². The predicted octanol–water partition coefficient (Wildman–Crippen LogP) is 3.59. The van der Waals surface area contributed by atoms with Crippen molar-refractivity contribution in [2.75, 3.05) is 0 Å². The van der Waals surface area contributed by atoms with Crippen LogP contribution in [0.2, 0.25) is 0 Å². The Bertz CT molecular complexity index is 721. The molecule has 4 heteroatoms. The average molecular weight is 257 g/mol. The number of phenols is 1. The van der Waals surface area contributed by atoms with Crippen molar-refractivity contribution in [1.29, 1.82) is 0 Å². The number of rotatable bonds is 3. The van der Waals surface area contributed by atoms with Crippen LogP contribution in [0.15, 0.2) is 48.7 Å². The molecule has 2 N–H and O–H groups in total. The van der Waals surface area contributed by atoms with Crippen LogP contribution < -0.4 is 4.74 Å². The molecule has 0 aliphatic heterocycles. The summed E-state index contributed by atoms with van der Waals surface area (Å²) in [7, 11) is 0. The Kier molecular flexibility index (Phi) is 2.83. The monoisotopic (exact) mass is 257 g/mol. The van der Waals surface area contributed by atoms with E-state index in [1.807, 2.05) is 6.07 Å². The molecule has 0 spiro atoms. The molecule has 0 bridgehead atoms. The topological polar surface area (TPSA) is 45.2 Å². The smallest absolute Gasteiger partial charge is 0.147 e. The van der Waals surface area contributed by atoms with Crippen molar-refractivity contribution in [2.45, 2.75) is 6.61 Å². The highest BCUT2D eigenvalue weighted by molar-refractivity contribution is 5.83. The molecule has 2 aromatic carbocycles. The molecule has 1 aromatic heterocycles. The van der Waals surface area contributed by atoms with Gasteiger partial charge in [0.05, 0.1) is 5.52 Å². The maximum absolute atomic E-state index is 13.5. The van der Waals surface area contributed by atoms with Gasteiger partial charge in [0.1, 0.15) is 23.9 Å². The number of nitrogens with one attached hydrogen (secondary N) is 1. The van der Waals surface area contributed by atoms with Gasteiger partial charge in [-0.3, -0.25) is 0 Å². The fraction of sp³-hybridized carbons (Fsp3) is 0.0667. The molecule has 0 aliphatic carbocycles. The fourth-order valence-corrected chi connectivity index (χ4v) is 2.03. The van der Waals surface area contributed by atoms with Gasteiger partial charge in [-0.05, 0) is 18.2 Å². The second-order valence-electron chi connectivity index (χ2n) is 4.26. The number of aromatic hydroxyl groups is 1. The van der Waals surface area contributed by atoms with E-state index in [2.05, 4.69) is 4.98 Å². The number of fused-ring (bicyclic) bond motifs is 1. The van der Waals surface area contributed by atoms with Gasteiger partial charge in [0.25, 0.3) is 0 Å². The lowest BCUT2D eigenvalue weighted by Gasteiger charge is -2.05. The van der Waals surface area contributed by atoms with Crippen molar-refractivity contribution >= 4 is 10.9 Å². The third-order valence-electron chi connectivity index (χ3n) is 2.96. The van der Waals surface area contributed by atoms with Crippen LogP contribution in [0.25, 0.3) is 10.9 Å². The second kappa shape index (κ2) is 4.65. The molecule has 0 radical (unpaired) electrons. The highest BCUT2D eigenvalue weighted by Crippen LogP contribution is 2.23. The van der Waals surface area contributed by atoms with Gasteiger partial charge < -0.3 is 14.8 Å². The van der Waals surface area contributed by atoms with Crippen molar-refractivity contribution in [3.63, 3.8) is 0 Å². The first kappa shape index (κ1) is 11.6. The SMILES string of the molecule is Oc1cccc(OCc2c[nH]c3c(F)cccc23)c1. The van der Waals surface area contributed by atoms with Crippen LogP contribution in [0, 0.1) is 5.82 Å². The van der Waals surface area contributed by atoms with Crippen molar-refractivity contribution in [2.24, 2.45) is 0 Å². The Morgan fingerprint density at radius 1 is 1.16 bits per heavy atom. The number of halogens is 1. The van der Waals surface area contributed by atoms with E-state index in [-0.39, 0.29) is 11.6 Å². The summed E-state index contributed by atoms with van der Waals surface area (Å²) < 4.78 is 19.1. The number of hydrogen-bond acceptors (Lipinski definition) is 2. The number of hydrogen-bond donors (Lipinski definition) is 2. The van der Waals surface area contributed by atoms with E-state index in [4.69, 9.17) is 4.74 Å². The van der Waals surface area contributed by atoms with Crippen LogP contribution in [0.3, 0.4) is 0 Å². The maximum Gasteiger partial charge on any atom is 0.147 e. The first-order valence-corrected chi connectivity index (χ1v) is 5.90. The highest BCUT2D eigenvalue weighted by atomic mass is 19.1. The minimum Gasteiger partial charge on any atom is -0.508 e. The molecule has 19 heavy (non-hydrogen) atoms. The molecule has 0 unspecified atom stereocenters. The van der Waals surface area contributed by atoms with Crippen LogP contribution in [-0.2, 0) is 6.61 Å². The number of aromatic nitrogens is 1. The summed E-state index contributed by atoms with van der Waals surface area (Å²) >= 11 is 0. The molecule has 0 fully saturated rings. The summed E-state index contributed by atoms with van der Waals surface area (Å²) in [5.74, 6) is 0.453. The lowest BCUT2D eigenvalue weighted by Crippen LogP contribution is -1.94. The molecule has 3 rings (SSSR count). The lowest BCUT2D eigenvalue weighted by atomic mass is 10.2. The lowest BCUT2D eigenvalue weighted by molar-refractivity contribution is 0.306. The molecule has 96 valence electrons. The van der Waals surface area contributed by atoms with E-state index in [1.54, 1.807) is 30.5 Å². The first-order chi connectivity index (χ1) is 9.24. The van der Waals surface area contributed by atoms with Gasteiger partial charge in [-0.1, -0.05) is 18.2 Å². The number of phenolic OH excluding ortho intramolecular Hbond substituents is 1. The predicted molar refractivity (Wildman–Crippen MR) is 70.7 cm³/mol. The van der Waals surface area contributed by atoms with Gasteiger partial charge >= 0.3 is 0 Å². The Hall–Kier alpha value is -2.49. The zero-order valence-electron chi connectivity index (χ0n) is 10.1. The summed E-state index contributed by atoms with van der Waals surface area (Å²) in [5, 5.41) is 10.1. The van der Waals surface area contributed by atoms with Crippen molar-refractivity contribution in [3.05, 3.63) is 60.0 Å². The molecule has 0 amide bonds. The molecular weight excluding hydrogens is 245 g/mol. The quantitative estimate of drug-likeness (QED) is 0.753. The fourth-order valence-electron chi connectivity index (χ4n) is 2.03. The van der Waals surface area contributed by atoms with E-state index < -0.39 is 0 Å². The molecule has 0 saturated heterocycles. The van der Waals surface area contributed by atoms with Crippen molar-refractivity contribution < 1.29 is 14.2 Å². The van der Waals surface area contributed by atoms with E-state index >= 15 is 0 Å². The summed E-state index contributed by atoms with van der Waals surface area (Å²) in [6.45, 7) is 0.312. The summed E-state index contributed by atoms with van der Waals surface area (Å²) in [6.07, 6.45) is 1.73. The Morgan fingerprint density at radius 2 is 2.00 bits per heavy atom. The summed E-state index contributed by atoms with van der Waals surface area (Å²) in [5.41, 5.74) is 1.36. The average Bonchev–Trinajstić information content (AvgIpc) is 2.81. The minimum absolute atomic E-state index is 0.155. The molecular formula is C15H12FNO2. The Balaban J connectivity index is 1.84. The molecule has 0 aliphatic rings. The largest absolute Gasteiger partial charge is 0.508 e. The Labute approximate surface area is 109 Å². The third-order valence-corrected chi connectivity index (χ3v) is 2.96. The summed E-state index contributed by atoms with van der Waals surface area (Å²) in [6, 6.07) is 11.5. The molecule has 3 nitrogen and oxygen atoms in total. The Morgan fingerprint density at radius 3 is 2.84 bits per heavy atom. The van der Waals surface area contributed by atoms with Crippen LogP contribution in [0.4, 0.5) is 4.39 Å². The third kappa shape index (κ3) is 2.25. The van der Waals surface area contributed by atoms with Gasteiger partial charge in [-0.15, -0.1) is 0 Å². The van der Waals surface area contributed by atoms with E-state index in [1.165, 1.54) is 12.1 Å². The van der Waals surface area contributed by atoms with Crippen LogP contribution >= 0.6 is 0 Å².